The highest BCUT2D eigenvalue weighted by atomic mass is 32.1. The molecule has 1 aliphatic rings. The first-order valence-electron chi connectivity index (χ1n) is 12.0. The molecule has 0 atom stereocenters. The number of thiazole rings is 1. The van der Waals surface area contributed by atoms with Crippen LogP contribution < -0.4 is 5.69 Å². The highest BCUT2D eigenvalue weighted by molar-refractivity contribution is 7.71. The SMILES string of the molecule is O=C(O)c1csc(-c2cccc(Cn3cc(C4c5ccccc5C=Cc5ccccc54)c(=S)[nH]c3=O)c2)n1. The summed E-state index contributed by atoms with van der Waals surface area (Å²) < 4.78 is 2.05. The Hall–Kier alpha value is -4.40. The molecule has 6 rings (SSSR count). The fraction of sp³-hybridized carbons (Fsp3) is 0.0667. The summed E-state index contributed by atoms with van der Waals surface area (Å²) in [6.45, 7) is 0.317. The van der Waals surface area contributed by atoms with Gasteiger partial charge in [0.2, 0.25) is 0 Å². The molecular weight excluding hydrogens is 514 g/mol. The maximum absolute atomic E-state index is 13.0. The molecule has 2 N–H and O–H groups in total. The van der Waals surface area contributed by atoms with Crippen LogP contribution >= 0.6 is 23.6 Å². The molecule has 0 aliphatic heterocycles. The Morgan fingerprint density at radius 2 is 1.66 bits per heavy atom. The van der Waals surface area contributed by atoms with Crippen LogP contribution in [0.4, 0.5) is 0 Å². The van der Waals surface area contributed by atoms with Crippen molar-refractivity contribution in [1.29, 1.82) is 0 Å². The fourth-order valence-electron chi connectivity index (χ4n) is 4.89. The number of benzene rings is 3. The number of rotatable bonds is 5. The fourth-order valence-corrected chi connectivity index (χ4v) is 5.94. The molecule has 3 aromatic carbocycles. The summed E-state index contributed by atoms with van der Waals surface area (Å²) in [6.07, 6.45) is 6.11. The van der Waals surface area contributed by atoms with E-state index in [2.05, 4.69) is 46.4 Å². The van der Waals surface area contributed by atoms with Gasteiger partial charge < -0.3 is 5.11 Å². The van der Waals surface area contributed by atoms with Crippen LogP contribution in [0.15, 0.2) is 89.2 Å². The Balaban J connectivity index is 1.43. The van der Waals surface area contributed by atoms with Crippen molar-refractivity contribution < 1.29 is 9.90 Å². The van der Waals surface area contributed by atoms with E-state index < -0.39 is 5.97 Å². The summed E-state index contributed by atoms with van der Waals surface area (Å²) in [7, 11) is 0. The Labute approximate surface area is 227 Å². The topological polar surface area (TPSA) is 88.0 Å². The smallest absolute Gasteiger partial charge is 0.355 e. The van der Waals surface area contributed by atoms with Crippen LogP contribution in [0.25, 0.3) is 22.7 Å². The van der Waals surface area contributed by atoms with Gasteiger partial charge in [-0.3, -0.25) is 9.55 Å². The van der Waals surface area contributed by atoms with Gasteiger partial charge >= 0.3 is 11.7 Å². The van der Waals surface area contributed by atoms with Crippen molar-refractivity contribution in [2.75, 3.05) is 0 Å². The molecular formula is C30H21N3O3S2. The van der Waals surface area contributed by atoms with Gasteiger partial charge in [-0.1, -0.05) is 91.1 Å². The standard InChI is InChI=1S/C30H21N3O3S2/c34-29(35)25-17-38-28(31-25)21-9-5-6-18(14-21)15-33-16-24(27(37)32-30(33)36)26-22-10-3-1-7-19(22)12-13-20-8-2-4-11-23(20)26/h1-14,16-17,26H,15H2,(H,34,35)(H,32,36,37). The highest BCUT2D eigenvalue weighted by Gasteiger charge is 2.25. The van der Waals surface area contributed by atoms with Crippen molar-refractivity contribution >= 4 is 41.7 Å². The van der Waals surface area contributed by atoms with Crippen LogP contribution in [-0.4, -0.2) is 25.6 Å². The lowest BCUT2D eigenvalue weighted by Crippen LogP contribution is -2.25. The van der Waals surface area contributed by atoms with Gasteiger partial charge in [0.25, 0.3) is 0 Å². The maximum atomic E-state index is 13.0. The Kier molecular flexibility index (Phi) is 6.19. The van der Waals surface area contributed by atoms with Crippen LogP contribution in [0.1, 0.15) is 49.8 Å². The zero-order chi connectivity index (χ0) is 26.2. The highest BCUT2D eigenvalue weighted by Crippen LogP contribution is 2.39. The molecule has 1 aliphatic carbocycles. The van der Waals surface area contributed by atoms with Crippen LogP contribution in [0.3, 0.4) is 0 Å². The molecule has 2 heterocycles. The predicted molar refractivity (Wildman–Crippen MR) is 152 cm³/mol. The lowest BCUT2D eigenvalue weighted by molar-refractivity contribution is 0.0691. The van der Waals surface area contributed by atoms with Gasteiger partial charge in [-0.05, 0) is 33.9 Å². The number of aromatic nitrogens is 3. The Bertz CT molecular complexity index is 1800. The first-order valence-corrected chi connectivity index (χ1v) is 13.2. The molecule has 0 radical (unpaired) electrons. The second kappa shape index (κ2) is 9.81. The normalized spacial score (nSPS) is 12.5. The summed E-state index contributed by atoms with van der Waals surface area (Å²) in [5.41, 5.74) is 6.73. The summed E-state index contributed by atoms with van der Waals surface area (Å²) in [5.74, 6) is -1.21. The van der Waals surface area contributed by atoms with E-state index in [9.17, 15) is 14.7 Å². The van der Waals surface area contributed by atoms with Crippen LogP contribution in [0, 0.1) is 4.64 Å². The van der Waals surface area contributed by atoms with E-state index in [0.29, 0.717) is 16.2 Å². The number of H-pyrrole nitrogens is 1. The molecule has 0 bridgehead atoms. The van der Waals surface area contributed by atoms with E-state index in [0.717, 1.165) is 38.9 Å². The lowest BCUT2D eigenvalue weighted by Gasteiger charge is -2.22. The summed E-state index contributed by atoms with van der Waals surface area (Å²) >= 11 is 6.99. The van der Waals surface area contributed by atoms with E-state index in [-0.39, 0.29) is 17.3 Å². The van der Waals surface area contributed by atoms with Crippen molar-refractivity contribution in [3.63, 3.8) is 0 Å². The van der Waals surface area contributed by atoms with Crippen molar-refractivity contribution in [2.45, 2.75) is 12.5 Å². The molecule has 38 heavy (non-hydrogen) atoms. The van der Waals surface area contributed by atoms with Gasteiger partial charge in [0.15, 0.2) is 5.69 Å². The molecule has 5 aromatic rings. The molecule has 0 amide bonds. The minimum absolute atomic E-state index is 0.0188. The minimum atomic E-state index is -1.06. The molecule has 0 fully saturated rings. The van der Waals surface area contributed by atoms with E-state index in [1.165, 1.54) is 16.7 Å². The van der Waals surface area contributed by atoms with Gasteiger partial charge in [-0.25, -0.2) is 14.6 Å². The van der Waals surface area contributed by atoms with Crippen molar-refractivity contribution in [3.05, 3.63) is 139 Å². The zero-order valence-electron chi connectivity index (χ0n) is 20.0. The number of aromatic amines is 1. The van der Waals surface area contributed by atoms with Gasteiger partial charge in [0.1, 0.15) is 9.65 Å². The van der Waals surface area contributed by atoms with E-state index in [1.807, 2.05) is 54.7 Å². The zero-order valence-corrected chi connectivity index (χ0v) is 21.6. The molecule has 2 aromatic heterocycles. The number of carbonyl (C=O) groups is 1. The average molecular weight is 536 g/mol. The Morgan fingerprint density at radius 3 is 2.32 bits per heavy atom. The second-order valence-corrected chi connectivity index (χ2v) is 10.3. The number of carboxylic acids is 1. The number of hydrogen-bond donors (Lipinski definition) is 2. The third-order valence-electron chi connectivity index (χ3n) is 6.66. The minimum Gasteiger partial charge on any atom is -0.476 e. The van der Waals surface area contributed by atoms with Gasteiger partial charge in [0.05, 0.1) is 6.54 Å². The molecule has 0 spiro atoms. The quantitative estimate of drug-likeness (QED) is 0.248. The Morgan fingerprint density at radius 1 is 0.974 bits per heavy atom. The van der Waals surface area contributed by atoms with Crippen molar-refractivity contribution in [3.8, 4) is 10.6 Å². The van der Waals surface area contributed by atoms with Gasteiger partial charge in [-0.2, -0.15) is 0 Å². The summed E-state index contributed by atoms with van der Waals surface area (Å²) in [6, 6.07) is 24.1. The molecule has 6 nitrogen and oxygen atoms in total. The number of carboxylic acid groups (broad SMARTS) is 1. The van der Waals surface area contributed by atoms with E-state index in [1.54, 1.807) is 4.57 Å². The first-order chi connectivity index (χ1) is 18.5. The molecule has 8 heteroatoms. The molecule has 0 saturated heterocycles. The van der Waals surface area contributed by atoms with Crippen LogP contribution in [0.5, 0.6) is 0 Å². The largest absolute Gasteiger partial charge is 0.476 e. The van der Waals surface area contributed by atoms with E-state index in [4.69, 9.17) is 12.2 Å². The lowest BCUT2D eigenvalue weighted by atomic mass is 9.83. The number of nitrogens with one attached hydrogen (secondary N) is 1. The third-order valence-corrected chi connectivity index (χ3v) is 7.89. The number of fused-ring (bicyclic) bond motifs is 2. The first kappa shape index (κ1) is 24.0. The number of nitrogens with zero attached hydrogens (tertiary/aromatic N) is 2. The van der Waals surface area contributed by atoms with Crippen molar-refractivity contribution in [2.24, 2.45) is 0 Å². The predicted octanol–water partition coefficient (Wildman–Crippen LogP) is 6.44. The van der Waals surface area contributed by atoms with Crippen LogP contribution in [-0.2, 0) is 6.54 Å². The maximum Gasteiger partial charge on any atom is 0.355 e. The van der Waals surface area contributed by atoms with Gasteiger partial charge in [0, 0.05) is 28.6 Å². The number of hydrogen-bond acceptors (Lipinski definition) is 5. The van der Waals surface area contributed by atoms with E-state index >= 15 is 0 Å². The van der Waals surface area contributed by atoms with Crippen LogP contribution in [0.2, 0.25) is 0 Å². The number of aromatic carboxylic acids is 1. The average Bonchev–Trinajstić information content (AvgIpc) is 3.36. The monoisotopic (exact) mass is 535 g/mol. The summed E-state index contributed by atoms with van der Waals surface area (Å²) in [5, 5.41) is 11.3. The van der Waals surface area contributed by atoms with Gasteiger partial charge in [-0.15, -0.1) is 11.3 Å². The second-order valence-electron chi connectivity index (χ2n) is 9.04. The summed E-state index contributed by atoms with van der Waals surface area (Å²) in [4.78, 5) is 31.4. The molecule has 186 valence electrons. The van der Waals surface area contributed by atoms with Crippen molar-refractivity contribution in [1.82, 2.24) is 14.5 Å². The third kappa shape index (κ3) is 4.44. The molecule has 0 unspecified atom stereocenters. The molecule has 0 saturated carbocycles.